The summed E-state index contributed by atoms with van der Waals surface area (Å²) in [5, 5.41) is 0. The standard InChI is InChI=1S/C27H32FN3O/c1-19(21-8-4-6-10-23(28)16-21)15-27(32)31(18-26-29-12-13-30(26)3)24-14-20(2)25-11-7-5-9-22(25)17-24/h4,6,8,10,12-14,17,19H,5,7,9,11,15-16,18H2,1-3H3/t19-/m0/s1. The number of benzene rings is 1. The van der Waals surface area contributed by atoms with Gasteiger partial charge in [0.1, 0.15) is 11.7 Å². The summed E-state index contributed by atoms with van der Waals surface area (Å²) in [6, 6.07) is 4.34. The predicted octanol–water partition coefficient (Wildman–Crippen LogP) is 5.91. The fourth-order valence-electron chi connectivity index (χ4n) is 4.73. The molecule has 4 rings (SSSR count). The molecule has 1 amide bonds. The van der Waals surface area contributed by atoms with E-state index in [1.165, 1.54) is 35.6 Å². The first-order chi connectivity index (χ1) is 15.4. The number of imidazole rings is 1. The smallest absolute Gasteiger partial charge is 0.227 e. The molecule has 0 bridgehead atoms. The van der Waals surface area contributed by atoms with E-state index in [4.69, 9.17) is 0 Å². The average molecular weight is 434 g/mol. The van der Waals surface area contributed by atoms with Gasteiger partial charge in [-0.2, -0.15) is 0 Å². The van der Waals surface area contributed by atoms with Crippen LogP contribution in [0.15, 0.2) is 60.2 Å². The number of amides is 1. The lowest BCUT2D eigenvalue weighted by atomic mass is 9.88. The third-order valence-corrected chi connectivity index (χ3v) is 6.69. The van der Waals surface area contributed by atoms with Crippen LogP contribution >= 0.6 is 0 Å². The van der Waals surface area contributed by atoms with Crippen LogP contribution in [0, 0.1) is 12.8 Å². The average Bonchev–Trinajstić information content (AvgIpc) is 3.04. The van der Waals surface area contributed by atoms with Crippen molar-refractivity contribution < 1.29 is 9.18 Å². The lowest BCUT2D eigenvalue weighted by molar-refractivity contribution is -0.119. The number of allylic oxidation sites excluding steroid dienone is 6. The second kappa shape index (κ2) is 9.68. The largest absolute Gasteiger partial charge is 0.337 e. The highest BCUT2D eigenvalue weighted by Gasteiger charge is 2.24. The molecule has 0 aliphatic heterocycles. The maximum absolute atomic E-state index is 14.0. The molecule has 1 atom stereocenters. The van der Waals surface area contributed by atoms with Crippen molar-refractivity contribution in [3.8, 4) is 0 Å². The van der Waals surface area contributed by atoms with Crippen molar-refractivity contribution in [3.63, 3.8) is 0 Å². The maximum Gasteiger partial charge on any atom is 0.227 e. The molecule has 2 aromatic rings. The van der Waals surface area contributed by atoms with Crippen LogP contribution in [-0.4, -0.2) is 15.5 Å². The van der Waals surface area contributed by atoms with Crippen molar-refractivity contribution in [3.05, 3.63) is 82.7 Å². The van der Waals surface area contributed by atoms with Crippen molar-refractivity contribution in [2.24, 2.45) is 13.0 Å². The van der Waals surface area contributed by atoms with Gasteiger partial charge in [0.2, 0.25) is 5.91 Å². The molecule has 0 saturated heterocycles. The number of hydrogen-bond acceptors (Lipinski definition) is 2. The van der Waals surface area contributed by atoms with Crippen LogP contribution in [0.25, 0.3) is 0 Å². The quantitative estimate of drug-likeness (QED) is 0.568. The number of nitrogens with zero attached hydrogens (tertiary/aromatic N) is 3. The predicted molar refractivity (Wildman–Crippen MR) is 127 cm³/mol. The molecule has 0 N–H and O–H groups in total. The Hall–Kier alpha value is -2.95. The lowest BCUT2D eigenvalue weighted by Crippen LogP contribution is -2.33. The second-order valence-electron chi connectivity index (χ2n) is 9.06. The Balaban J connectivity index is 1.62. The van der Waals surface area contributed by atoms with E-state index in [1.807, 2.05) is 41.8 Å². The van der Waals surface area contributed by atoms with Crippen LogP contribution in [0.4, 0.5) is 10.1 Å². The minimum absolute atomic E-state index is 0.0363. The van der Waals surface area contributed by atoms with Crippen molar-refractivity contribution in [1.29, 1.82) is 0 Å². The number of halogens is 1. The first-order valence-corrected chi connectivity index (χ1v) is 11.5. The lowest BCUT2D eigenvalue weighted by Gasteiger charge is -2.28. The van der Waals surface area contributed by atoms with E-state index in [-0.39, 0.29) is 24.1 Å². The zero-order valence-corrected chi connectivity index (χ0v) is 19.3. The summed E-state index contributed by atoms with van der Waals surface area (Å²) in [5.41, 5.74) is 5.94. The van der Waals surface area contributed by atoms with Gasteiger partial charge in [-0.05, 0) is 73.4 Å². The minimum atomic E-state index is -0.167. The van der Waals surface area contributed by atoms with Crippen molar-refractivity contribution in [1.82, 2.24) is 9.55 Å². The summed E-state index contributed by atoms with van der Waals surface area (Å²) >= 11 is 0. The Morgan fingerprint density at radius 3 is 2.78 bits per heavy atom. The molecule has 0 fully saturated rings. The SMILES string of the molecule is Cc1cc(N(Cc2nccn2C)C(=O)C[C@H](C)C2=CC=CC=C(F)C2)cc2c1CCCC2. The third kappa shape index (κ3) is 4.93. The molecule has 0 spiro atoms. The van der Waals surface area contributed by atoms with Gasteiger partial charge in [-0.3, -0.25) is 4.79 Å². The van der Waals surface area contributed by atoms with Crippen molar-refractivity contribution >= 4 is 11.6 Å². The first kappa shape index (κ1) is 22.3. The highest BCUT2D eigenvalue weighted by atomic mass is 19.1. The molecule has 0 unspecified atom stereocenters. The number of rotatable bonds is 6. The Labute approximate surface area is 190 Å². The van der Waals surface area contributed by atoms with Gasteiger partial charge in [0.15, 0.2) is 0 Å². The summed E-state index contributed by atoms with van der Waals surface area (Å²) in [5.74, 6) is 0.660. The van der Waals surface area contributed by atoms with Crippen molar-refractivity contribution in [2.45, 2.75) is 58.9 Å². The highest BCUT2D eigenvalue weighted by Crippen LogP contribution is 2.32. The van der Waals surface area contributed by atoms with Crippen LogP contribution in [-0.2, 0) is 31.2 Å². The van der Waals surface area contributed by atoms with E-state index in [2.05, 4.69) is 24.0 Å². The van der Waals surface area contributed by atoms with Gasteiger partial charge in [-0.25, -0.2) is 9.37 Å². The molecule has 4 nitrogen and oxygen atoms in total. The van der Waals surface area contributed by atoms with Gasteiger partial charge in [0.05, 0.1) is 6.54 Å². The summed E-state index contributed by atoms with van der Waals surface area (Å²) in [6.07, 6.45) is 15.8. The van der Waals surface area contributed by atoms with E-state index in [0.717, 1.165) is 29.9 Å². The monoisotopic (exact) mass is 433 g/mol. The molecular formula is C27H32FN3O. The van der Waals surface area contributed by atoms with E-state index in [0.29, 0.717) is 13.0 Å². The van der Waals surface area contributed by atoms with Gasteiger partial charge in [-0.1, -0.05) is 30.7 Å². The molecule has 0 saturated carbocycles. The zero-order chi connectivity index (χ0) is 22.7. The molecule has 1 heterocycles. The van der Waals surface area contributed by atoms with Gasteiger partial charge in [0.25, 0.3) is 0 Å². The third-order valence-electron chi connectivity index (χ3n) is 6.69. The summed E-state index contributed by atoms with van der Waals surface area (Å²) in [7, 11) is 1.95. The highest BCUT2D eigenvalue weighted by molar-refractivity contribution is 5.93. The molecule has 1 aromatic carbocycles. The van der Waals surface area contributed by atoms with Gasteiger partial charge in [-0.15, -0.1) is 0 Å². The molecule has 32 heavy (non-hydrogen) atoms. The molecule has 168 valence electrons. The number of anilines is 1. The van der Waals surface area contributed by atoms with E-state index in [1.54, 1.807) is 12.3 Å². The van der Waals surface area contributed by atoms with Crippen LogP contribution in [0.2, 0.25) is 0 Å². The number of fused-ring (bicyclic) bond motifs is 1. The normalized spacial score (nSPS) is 16.6. The number of carbonyl (C=O) groups is 1. The fourth-order valence-corrected chi connectivity index (χ4v) is 4.73. The molecule has 2 aliphatic carbocycles. The van der Waals surface area contributed by atoms with Crippen LogP contribution in [0.3, 0.4) is 0 Å². The van der Waals surface area contributed by atoms with E-state index in [9.17, 15) is 9.18 Å². The van der Waals surface area contributed by atoms with Gasteiger partial charge in [0, 0.05) is 38.0 Å². The maximum atomic E-state index is 14.0. The van der Waals surface area contributed by atoms with Gasteiger partial charge < -0.3 is 9.47 Å². The summed E-state index contributed by atoms with van der Waals surface area (Å²) in [6.45, 7) is 4.57. The Morgan fingerprint density at radius 1 is 1.22 bits per heavy atom. The van der Waals surface area contributed by atoms with E-state index >= 15 is 0 Å². The molecule has 1 aromatic heterocycles. The Morgan fingerprint density at radius 2 is 2.00 bits per heavy atom. The van der Waals surface area contributed by atoms with Crippen molar-refractivity contribution in [2.75, 3.05) is 4.90 Å². The molecule has 5 heteroatoms. The second-order valence-corrected chi connectivity index (χ2v) is 9.06. The number of aryl methyl sites for hydroxylation is 3. The number of aromatic nitrogens is 2. The molecular weight excluding hydrogens is 401 g/mol. The zero-order valence-electron chi connectivity index (χ0n) is 19.3. The summed E-state index contributed by atoms with van der Waals surface area (Å²) < 4.78 is 15.9. The molecule has 0 radical (unpaired) electrons. The summed E-state index contributed by atoms with van der Waals surface area (Å²) in [4.78, 5) is 19.9. The minimum Gasteiger partial charge on any atom is -0.337 e. The fraction of sp³-hybridized carbons (Fsp3) is 0.407. The number of carbonyl (C=O) groups excluding carboxylic acids is 1. The van der Waals surface area contributed by atoms with Gasteiger partial charge >= 0.3 is 0 Å². The topological polar surface area (TPSA) is 38.1 Å². The molecule has 2 aliphatic rings. The Kier molecular flexibility index (Phi) is 6.73. The van der Waals surface area contributed by atoms with E-state index < -0.39 is 0 Å². The first-order valence-electron chi connectivity index (χ1n) is 11.5. The Bertz CT molecular complexity index is 1090. The van der Waals surface area contributed by atoms with Crippen LogP contribution in [0.1, 0.15) is 55.1 Å². The number of hydrogen-bond donors (Lipinski definition) is 0. The van der Waals surface area contributed by atoms with Crippen LogP contribution < -0.4 is 4.90 Å². The van der Waals surface area contributed by atoms with Crippen LogP contribution in [0.5, 0.6) is 0 Å².